The minimum atomic E-state index is -5.02. The second-order valence-electron chi connectivity index (χ2n) is 7.89. The van der Waals surface area contributed by atoms with Crippen molar-refractivity contribution in [2.45, 2.75) is 37.7 Å². The molecular weight excluding hydrogens is 493 g/mol. The van der Waals surface area contributed by atoms with Gasteiger partial charge in [-0.1, -0.05) is 23.7 Å². The number of halogens is 8. The van der Waals surface area contributed by atoms with Crippen molar-refractivity contribution in [3.05, 3.63) is 69.2 Å². The summed E-state index contributed by atoms with van der Waals surface area (Å²) in [4.78, 5) is 14.3. The Kier molecular flexibility index (Phi) is 8.36. The average Bonchev–Trinajstić information content (AvgIpc) is 2.73. The van der Waals surface area contributed by atoms with Gasteiger partial charge in [0.2, 0.25) is 0 Å². The Morgan fingerprint density at radius 3 is 2.12 bits per heavy atom. The average molecular weight is 515 g/mol. The minimum absolute atomic E-state index is 0. The lowest BCUT2D eigenvalue weighted by molar-refractivity contribution is -0.143. The number of carbonyl (C=O) groups excluding carboxylic acids is 1. The first-order valence-electron chi connectivity index (χ1n) is 9.82. The zero-order chi connectivity index (χ0) is 23.8. The van der Waals surface area contributed by atoms with Gasteiger partial charge in [0.05, 0.1) is 11.1 Å². The monoisotopic (exact) mass is 514 g/mol. The van der Waals surface area contributed by atoms with E-state index >= 15 is 0 Å². The van der Waals surface area contributed by atoms with Crippen molar-refractivity contribution in [1.29, 1.82) is 0 Å². The van der Waals surface area contributed by atoms with Gasteiger partial charge in [0.1, 0.15) is 0 Å². The second kappa shape index (κ2) is 10.1. The Bertz CT molecular complexity index is 977. The zero-order valence-corrected chi connectivity index (χ0v) is 19.2. The molecule has 1 N–H and O–H groups in total. The molecule has 0 spiro atoms. The molecule has 2 aromatic rings. The Balaban J connectivity index is 0.00000385. The number of hydrogen-bond acceptors (Lipinski definition) is 2. The Hall–Kier alpha value is -1.97. The van der Waals surface area contributed by atoms with Crippen molar-refractivity contribution in [3.63, 3.8) is 0 Å². The lowest BCUT2D eigenvalue weighted by Gasteiger charge is -2.39. The Labute approximate surface area is 198 Å². The first kappa shape index (κ1) is 27.3. The van der Waals surface area contributed by atoms with Crippen LogP contribution in [-0.2, 0) is 12.4 Å². The molecule has 0 radical (unpaired) electrons. The van der Waals surface area contributed by atoms with E-state index in [9.17, 15) is 31.1 Å². The number of amides is 1. The van der Waals surface area contributed by atoms with Crippen LogP contribution < -0.4 is 5.32 Å². The lowest BCUT2D eigenvalue weighted by atomic mass is 9.85. The Morgan fingerprint density at radius 1 is 1.03 bits per heavy atom. The summed E-state index contributed by atoms with van der Waals surface area (Å²) in [6.45, 7) is 2.88. The Morgan fingerprint density at radius 2 is 1.61 bits per heavy atom. The van der Waals surface area contributed by atoms with E-state index in [2.05, 4.69) is 5.32 Å². The maximum atomic E-state index is 13.2. The molecule has 0 saturated carbocycles. The van der Waals surface area contributed by atoms with E-state index in [1.54, 1.807) is 6.07 Å². The fourth-order valence-electron chi connectivity index (χ4n) is 3.98. The van der Waals surface area contributed by atoms with Gasteiger partial charge in [0.25, 0.3) is 5.91 Å². The third kappa shape index (κ3) is 6.13. The quantitative estimate of drug-likeness (QED) is 0.485. The molecule has 182 valence electrons. The number of nitrogens with zero attached hydrogens (tertiary/aromatic N) is 1. The number of aryl methyl sites for hydroxylation is 1. The molecule has 3 nitrogen and oxygen atoms in total. The van der Waals surface area contributed by atoms with Gasteiger partial charge < -0.3 is 10.2 Å². The molecule has 11 heteroatoms. The molecule has 1 aliphatic rings. The van der Waals surface area contributed by atoms with E-state index < -0.39 is 41.0 Å². The molecule has 1 aliphatic heterocycles. The maximum Gasteiger partial charge on any atom is 0.416 e. The van der Waals surface area contributed by atoms with E-state index in [4.69, 9.17) is 11.6 Å². The molecule has 1 amide bonds. The van der Waals surface area contributed by atoms with Crippen LogP contribution in [0, 0.1) is 6.92 Å². The van der Waals surface area contributed by atoms with Crippen LogP contribution in [0.3, 0.4) is 0 Å². The van der Waals surface area contributed by atoms with Crippen molar-refractivity contribution in [1.82, 2.24) is 10.2 Å². The highest BCUT2D eigenvalue weighted by Gasteiger charge is 2.39. The number of hydrogen-bond donors (Lipinski definition) is 1. The van der Waals surface area contributed by atoms with Crippen LogP contribution in [0.25, 0.3) is 0 Å². The first-order chi connectivity index (χ1) is 14.8. The fourth-order valence-corrected chi connectivity index (χ4v) is 4.10. The van der Waals surface area contributed by atoms with Crippen LogP contribution in [0.1, 0.15) is 45.0 Å². The van der Waals surface area contributed by atoms with Crippen LogP contribution in [0.2, 0.25) is 5.02 Å². The molecular formula is C22H22Cl2F6N2O. The summed E-state index contributed by atoms with van der Waals surface area (Å²) in [7, 11) is 1.40. The molecule has 1 saturated heterocycles. The normalized spacial score (nSPS) is 19.1. The minimum Gasteiger partial charge on any atom is -0.338 e. The number of carbonyl (C=O) groups is 1. The van der Waals surface area contributed by atoms with Gasteiger partial charge in [-0.05, 0) is 55.3 Å². The fraction of sp³-hybridized carbons (Fsp3) is 0.409. The number of alkyl halides is 6. The van der Waals surface area contributed by atoms with E-state index in [0.29, 0.717) is 36.7 Å². The van der Waals surface area contributed by atoms with Crippen LogP contribution in [0.4, 0.5) is 26.3 Å². The van der Waals surface area contributed by atoms with Crippen LogP contribution in [-0.4, -0.2) is 37.0 Å². The van der Waals surface area contributed by atoms with Gasteiger partial charge in [-0.15, -0.1) is 12.4 Å². The summed E-state index contributed by atoms with van der Waals surface area (Å²) in [5, 5.41) is 3.79. The molecule has 2 atom stereocenters. The van der Waals surface area contributed by atoms with Gasteiger partial charge >= 0.3 is 12.4 Å². The van der Waals surface area contributed by atoms with E-state index in [1.165, 1.54) is 11.9 Å². The number of benzene rings is 2. The highest BCUT2D eigenvalue weighted by molar-refractivity contribution is 6.31. The molecule has 2 unspecified atom stereocenters. The van der Waals surface area contributed by atoms with E-state index in [-0.39, 0.29) is 24.4 Å². The van der Waals surface area contributed by atoms with Crippen molar-refractivity contribution < 1.29 is 31.1 Å². The predicted molar refractivity (Wildman–Crippen MR) is 116 cm³/mol. The van der Waals surface area contributed by atoms with Gasteiger partial charge in [0.15, 0.2) is 0 Å². The van der Waals surface area contributed by atoms with Gasteiger partial charge in [-0.3, -0.25) is 4.79 Å². The number of piperidine rings is 1. The summed E-state index contributed by atoms with van der Waals surface area (Å²) in [5.41, 5.74) is -1.98. The third-order valence-electron chi connectivity index (χ3n) is 5.71. The summed E-state index contributed by atoms with van der Waals surface area (Å²) < 4.78 is 79.2. The highest BCUT2D eigenvalue weighted by atomic mass is 35.5. The molecule has 1 heterocycles. The van der Waals surface area contributed by atoms with Crippen molar-refractivity contribution in [3.8, 4) is 0 Å². The molecule has 0 aromatic heterocycles. The number of likely N-dealkylation sites (N-methyl/N-ethyl adjacent to an activating group) is 1. The maximum absolute atomic E-state index is 13.2. The zero-order valence-electron chi connectivity index (χ0n) is 17.6. The van der Waals surface area contributed by atoms with Gasteiger partial charge in [0, 0.05) is 36.1 Å². The van der Waals surface area contributed by atoms with Crippen LogP contribution >= 0.6 is 24.0 Å². The topological polar surface area (TPSA) is 32.3 Å². The van der Waals surface area contributed by atoms with Gasteiger partial charge in [-0.25, -0.2) is 0 Å². The number of rotatable bonds is 3. The first-order valence-corrected chi connectivity index (χ1v) is 10.2. The van der Waals surface area contributed by atoms with Crippen LogP contribution in [0.5, 0.6) is 0 Å². The molecule has 0 bridgehead atoms. The van der Waals surface area contributed by atoms with Crippen molar-refractivity contribution in [2.24, 2.45) is 0 Å². The summed E-state index contributed by atoms with van der Waals surface area (Å²) in [5.74, 6) is -1.11. The van der Waals surface area contributed by atoms with Gasteiger partial charge in [-0.2, -0.15) is 26.3 Å². The third-order valence-corrected chi connectivity index (χ3v) is 6.13. The van der Waals surface area contributed by atoms with Crippen molar-refractivity contribution >= 4 is 29.9 Å². The van der Waals surface area contributed by atoms with Crippen molar-refractivity contribution in [2.75, 3.05) is 20.1 Å². The largest absolute Gasteiger partial charge is 0.416 e. The van der Waals surface area contributed by atoms with E-state index in [1.807, 2.05) is 19.1 Å². The molecule has 3 rings (SSSR count). The SMILES string of the molecule is Cc1cc(C2CNCCC2N(C)C(=O)c2cc(C(F)(F)F)cc(C(F)(F)F)c2)ccc1Cl.Cl. The summed E-state index contributed by atoms with van der Waals surface area (Å²) in [6, 6.07) is 5.94. The molecule has 0 aliphatic carbocycles. The predicted octanol–water partition coefficient (Wildman–Crippen LogP) is 6.33. The lowest BCUT2D eigenvalue weighted by Crippen LogP contribution is -2.49. The summed E-state index contributed by atoms with van der Waals surface area (Å²) >= 11 is 6.09. The molecule has 33 heavy (non-hydrogen) atoms. The highest BCUT2D eigenvalue weighted by Crippen LogP contribution is 2.37. The molecule has 1 fully saturated rings. The second-order valence-corrected chi connectivity index (χ2v) is 8.29. The molecule has 2 aromatic carbocycles. The summed E-state index contributed by atoms with van der Waals surface area (Å²) in [6.07, 6.45) is -9.56. The smallest absolute Gasteiger partial charge is 0.338 e. The van der Waals surface area contributed by atoms with E-state index in [0.717, 1.165) is 11.1 Å². The number of nitrogens with one attached hydrogen (secondary N) is 1. The van der Waals surface area contributed by atoms with Crippen LogP contribution in [0.15, 0.2) is 36.4 Å². The standard InChI is InChI=1S/C22H21ClF6N2O.ClH/c1-12-7-13(3-4-18(12)23)17-11-30-6-5-19(17)31(2)20(32)14-8-15(21(24,25)26)10-16(9-14)22(27,28)29;/h3-4,7-10,17,19,30H,5-6,11H2,1-2H3;1H.